The van der Waals surface area contributed by atoms with Crippen molar-refractivity contribution in [1.29, 1.82) is 5.41 Å². The Bertz CT molecular complexity index is 410. The van der Waals surface area contributed by atoms with Crippen LogP contribution in [0.4, 0.5) is 5.82 Å². The summed E-state index contributed by atoms with van der Waals surface area (Å²) in [5, 5.41) is 16.6. The molecule has 0 saturated carbocycles. The minimum absolute atomic E-state index is 0.000130. The van der Waals surface area contributed by atoms with Crippen molar-refractivity contribution in [1.82, 2.24) is 4.98 Å². The van der Waals surface area contributed by atoms with Crippen LogP contribution in [0.25, 0.3) is 0 Å². The number of morpholine rings is 1. The predicted molar refractivity (Wildman–Crippen MR) is 64.3 cm³/mol. The van der Waals surface area contributed by atoms with Gasteiger partial charge < -0.3 is 20.5 Å². The summed E-state index contributed by atoms with van der Waals surface area (Å²) in [6.07, 6.45) is 1.47. The lowest BCUT2D eigenvalue weighted by Crippen LogP contribution is -2.45. The minimum Gasteiger partial charge on any atom is -0.394 e. The summed E-state index contributed by atoms with van der Waals surface area (Å²) < 4.78 is 5.37. The first-order valence-electron chi connectivity index (χ1n) is 5.49. The molecular formula is C11H16N4O2. The van der Waals surface area contributed by atoms with Gasteiger partial charge in [0.05, 0.1) is 24.9 Å². The van der Waals surface area contributed by atoms with Crippen LogP contribution in [0.2, 0.25) is 0 Å². The smallest absolute Gasteiger partial charge is 0.139 e. The lowest BCUT2D eigenvalue weighted by Gasteiger charge is -2.33. The first-order valence-corrected chi connectivity index (χ1v) is 5.49. The van der Waals surface area contributed by atoms with Crippen molar-refractivity contribution < 1.29 is 9.84 Å². The maximum absolute atomic E-state index is 9.10. The predicted octanol–water partition coefficient (Wildman–Crippen LogP) is -0.437. The number of nitrogens with two attached hydrogens (primary N) is 1. The third kappa shape index (κ3) is 2.54. The lowest BCUT2D eigenvalue weighted by molar-refractivity contribution is 0.00335. The number of nitrogen functional groups attached to an aromatic ring is 1. The monoisotopic (exact) mass is 236 g/mol. The number of nitrogens with one attached hydrogen (secondary N) is 1. The number of hydrogen-bond acceptors (Lipinski definition) is 5. The number of hydrogen-bond donors (Lipinski definition) is 3. The number of rotatable bonds is 3. The van der Waals surface area contributed by atoms with Gasteiger partial charge in [-0.2, -0.15) is 0 Å². The molecule has 4 N–H and O–H groups in total. The standard InChI is InChI=1S/C11H16N4O2/c12-10(13)9-2-1-3-14-11(9)15-4-5-17-8(6-15)7-16/h1-3,8,16H,4-7H2,(H3,12,13). The van der Waals surface area contributed by atoms with Crippen LogP contribution in [0.3, 0.4) is 0 Å². The Morgan fingerprint density at radius 3 is 3.24 bits per heavy atom. The molecule has 0 amide bonds. The fourth-order valence-electron chi connectivity index (χ4n) is 1.88. The molecule has 2 rings (SSSR count). The van der Waals surface area contributed by atoms with Crippen LogP contribution in [0.5, 0.6) is 0 Å². The van der Waals surface area contributed by atoms with Crippen molar-refractivity contribution in [3.8, 4) is 0 Å². The first-order chi connectivity index (χ1) is 8.22. The van der Waals surface area contributed by atoms with E-state index in [1.54, 1.807) is 18.3 Å². The highest BCUT2D eigenvalue weighted by atomic mass is 16.5. The van der Waals surface area contributed by atoms with Crippen molar-refractivity contribution in [2.24, 2.45) is 5.73 Å². The zero-order valence-electron chi connectivity index (χ0n) is 9.47. The molecule has 1 unspecified atom stereocenters. The van der Waals surface area contributed by atoms with Crippen LogP contribution in [-0.4, -0.2) is 48.3 Å². The van der Waals surface area contributed by atoms with Gasteiger partial charge in [0.1, 0.15) is 11.7 Å². The summed E-state index contributed by atoms with van der Waals surface area (Å²) in [7, 11) is 0. The Kier molecular flexibility index (Phi) is 3.55. The van der Waals surface area contributed by atoms with Crippen LogP contribution in [-0.2, 0) is 4.74 Å². The van der Waals surface area contributed by atoms with Gasteiger partial charge in [0.2, 0.25) is 0 Å². The van der Waals surface area contributed by atoms with Gasteiger partial charge in [-0.1, -0.05) is 0 Å². The molecule has 1 aliphatic heterocycles. The molecule has 1 aliphatic rings. The molecule has 1 atom stereocenters. The van der Waals surface area contributed by atoms with E-state index in [0.29, 0.717) is 31.1 Å². The highest BCUT2D eigenvalue weighted by Gasteiger charge is 2.23. The molecule has 2 heterocycles. The van der Waals surface area contributed by atoms with Crippen molar-refractivity contribution in [3.63, 3.8) is 0 Å². The van der Waals surface area contributed by atoms with Gasteiger partial charge in [0.25, 0.3) is 0 Å². The van der Waals surface area contributed by atoms with Crippen LogP contribution >= 0.6 is 0 Å². The molecule has 92 valence electrons. The van der Waals surface area contributed by atoms with Crippen molar-refractivity contribution in [3.05, 3.63) is 23.9 Å². The Morgan fingerprint density at radius 1 is 1.71 bits per heavy atom. The number of aliphatic hydroxyl groups excluding tert-OH is 1. The maximum Gasteiger partial charge on any atom is 0.139 e. The van der Waals surface area contributed by atoms with E-state index < -0.39 is 0 Å². The van der Waals surface area contributed by atoms with Gasteiger partial charge >= 0.3 is 0 Å². The van der Waals surface area contributed by atoms with Gasteiger partial charge in [-0.25, -0.2) is 4.98 Å². The second-order valence-electron chi connectivity index (χ2n) is 3.91. The highest BCUT2D eigenvalue weighted by Crippen LogP contribution is 2.19. The number of pyridine rings is 1. The SMILES string of the molecule is N=C(N)c1cccnc1N1CCOC(CO)C1. The molecule has 0 spiro atoms. The molecule has 0 aromatic carbocycles. The largest absolute Gasteiger partial charge is 0.394 e. The molecule has 0 aliphatic carbocycles. The Balaban J connectivity index is 2.24. The Labute approximate surface area is 99.5 Å². The van der Waals surface area contributed by atoms with Crippen molar-refractivity contribution in [2.45, 2.75) is 6.10 Å². The topological polar surface area (TPSA) is 95.5 Å². The zero-order valence-corrected chi connectivity index (χ0v) is 9.47. The minimum atomic E-state index is -0.203. The molecule has 0 bridgehead atoms. The molecule has 1 fully saturated rings. The average Bonchev–Trinajstić information content (AvgIpc) is 2.39. The van der Waals surface area contributed by atoms with Crippen molar-refractivity contribution in [2.75, 3.05) is 31.2 Å². The number of anilines is 1. The van der Waals surface area contributed by atoms with Gasteiger partial charge in [0.15, 0.2) is 0 Å². The number of amidine groups is 1. The second kappa shape index (κ2) is 5.11. The second-order valence-corrected chi connectivity index (χ2v) is 3.91. The Morgan fingerprint density at radius 2 is 2.53 bits per heavy atom. The van der Waals surface area contributed by atoms with E-state index in [-0.39, 0.29) is 18.5 Å². The van der Waals surface area contributed by atoms with Crippen LogP contribution in [0.1, 0.15) is 5.56 Å². The summed E-state index contributed by atoms with van der Waals surface area (Å²) in [6, 6.07) is 3.53. The summed E-state index contributed by atoms with van der Waals surface area (Å²) >= 11 is 0. The molecule has 1 aromatic heterocycles. The molecule has 1 aromatic rings. The van der Waals surface area contributed by atoms with E-state index >= 15 is 0 Å². The zero-order chi connectivity index (χ0) is 12.3. The highest BCUT2D eigenvalue weighted by molar-refractivity contribution is 5.99. The third-order valence-corrected chi connectivity index (χ3v) is 2.72. The van der Waals surface area contributed by atoms with E-state index in [2.05, 4.69) is 4.98 Å². The average molecular weight is 236 g/mol. The fraction of sp³-hybridized carbons (Fsp3) is 0.455. The Hall–Kier alpha value is -1.66. The van der Waals surface area contributed by atoms with E-state index in [1.165, 1.54) is 0 Å². The third-order valence-electron chi connectivity index (χ3n) is 2.72. The van der Waals surface area contributed by atoms with E-state index in [1.807, 2.05) is 4.90 Å². The van der Waals surface area contributed by atoms with Gasteiger partial charge in [-0.05, 0) is 12.1 Å². The molecule has 17 heavy (non-hydrogen) atoms. The number of nitrogens with zero attached hydrogens (tertiary/aromatic N) is 2. The molecule has 1 saturated heterocycles. The lowest BCUT2D eigenvalue weighted by atomic mass is 10.2. The van der Waals surface area contributed by atoms with E-state index in [4.69, 9.17) is 21.0 Å². The van der Waals surface area contributed by atoms with Gasteiger partial charge in [-0.15, -0.1) is 0 Å². The fourth-order valence-corrected chi connectivity index (χ4v) is 1.88. The van der Waals surface area contributed by atoms with Crippen molar-refractivity contribution >= 4 is 11.7 Å². The van der Waals surface area contributed by atoms with E-state index in [9.17, 15) is 0 Å². The molecule has 0 radical (unpaired) electrons. The normalized spacial score (nSPS) is 20.3. The summed E-state index contributed by atoms with van der Waals surface area (Å²) in [4.78, 5) is 6.25. The number of aromatic nitrogens is 1. The maximum atomic E-state index is 9.10. The molecular weight excluding hydrogens is 220 g/mol. The number of ether oxygens (including phenoxy) is 1. The van der Waals surface area contributed by atoms with Crippen LogP contribution < -0.4 is 10.6 Å². The first kappa shape index (κ1) is 11.8. The van der Waals surface area contributed by atoms with E-state index in [0.717, 1.165) is 0 Å². The van der Waals surface area contributed by atoms with Crippen LogP contribution in [0.15, 0.2) is 18.3 Å². The summed E-state index contributed by atoms with van der Waals surface area (Å²) in [5.41, 5.74) is 6.14. The summed E-state index contributed by atoms with van der Waals surface area (Å²) in [5.74, 6) is 0.682. The van der Waals surface area contributed by atoms with Crippen LogP contribution in [0, 0.1) is 5.41 Å². The summed E-state index contributed by atoms with van der Waals surface area (Å²) in [6.45, 7) is 1.78. The van der Waals surface area contributed by atoms with Gasteiger partial charge in [-0.3, -0.25) is 5.41 Å². The molecule has 6 nitrogen and oxygen atoms in total. The number of aliphatic hydroxyl groups is 1. The molecule has 6 heteroatoms. The van der Waals surface area contributed by atoms with Gasteiger partial charge in [0, 0.05) is 19.3 Å². The quantitative estimate of drug-likeness (QED) is 0.488.